The molecule has 136 valence electrons. The quantitative estimate of drug-likeness (QED) is 0.373. The SMILES string of the molecule is S=c1[nH]nc(CSCc2nc(-c3ccccc3)cs2)n1-c1ccc(Cl)cc1. The molecule has 0 unspecified atom stereocenters. The molecule has 4 aromatic rings. The van der Waals surface area contributed by atoms with Gasteiger partial charge >= 0.3 is 0 Å². The largest absolute Gasteiger partial charge is 0.271 e. The molecule has 0 bridgehead atoms. The van der Waals surface area contributed by atoms with Gasteiger partial charge in [0.2, 0.25) is 0 Å². The van der Waals surface area contributed by atoms with Gasteiger partial charge in [-0.1, -0.05) is 41.9 Å². The Balaban J connectivity index is 1.44. The second kappa shape index (κ2) is 8.39. The lowest BCUT2D eigenvalue weighted by molar-refractivity contribution is 0.949. The number of hydrogen-bond acceptors (Lipinski definition) is 5. The van der Waals surface area contributed by atoms with Crippen LogP contribution in [-0.2, 0) is 11.5 Å². The van der Waals surface area contributed by atoms with Crippen LogP contribution in [0.2, 0.25) is 5.02 Å². The lowest BCUT2D eigenvalue weighted by Crippen LogP contribution is -2.00. The third-order valence-electron chi connectivity index (χ3n) is 3.90. The highest BCUT2D eigenvalue weighted by molar-refractivity contribution is 7.97. The molecule has 0 amide bonds. The minimum atomic E-state index is 0.577. The molecule has 0 spiro atoms. The van der Waals surface area contributed by atoms with Gasteiger partial charge in [0.1, 0.15) is 10.8 Å². The summed E-state index contributed by atoms with van der Waals surface area (Å²) in [6.45, 7) is 0. The first-order valence-electron chi connectivity index (χ1n) is 8.20. The van der Waals surface area contributed by atoms with Crippen LogP contribution in [0.25, 0.3) is 16.9 Å². The Labute approximate surface area is 175 Å². The Morgan fingerprint density at radius 1 is 1.07 bits per heavy atom. The van der Waals surface area contributed by atoms with Crippen LogP contribution in [0.3, 0.4) is 0 Å². The Morgan fingerprint density at radius 3 is 2.63 bits per heavy atom. The second-order valence-corrected chi connectivity index (χ2v) is 8.49. The maximum atomic E-state index is 5.98. The van der Waals surface area contributed by atoms with Gasteiger partial charge in [-0.15, -0.1) is 23.1 Å². The summed E-state index contributed by atoms with van der Waals surface area (Å²) in [6, 6.07) is 17.8. The molecule has 0 aliphatic carbocycles. The van der Waals surface area contributed by atoms with Crippen molar-refractivity contribution in [3.63, 3.8) is 0 Å². The first kappa shape index (κ1) is 18.4. The number of thioether (sulfide) groups is 1. The lowest BCUT2D eigenvalue weighted by Gasteiger charge is -2.06. The molecule has 0 saturated carbocycles. The van der Waals surface area contributed by atoms with Crippen molar-refractivity contribution in [3.05, 3.63) is 80.6 Å². The van der Waals surface area contributed by atoms with E-state index >= 15 is 0 Å². The molecular weight excluding hydrogens is 416 g/mol. The molecule has 4 nitrogen and oxygen atoms in total. The van der Waals surface area contributed by atoms with E-state index in [-0.39, 0.29) is 0 Å². The minimum Gasteiger partial charge on any atom is -0.271 e. The van der Waals surface area contributed by atoms with Crippen molar-refractivity contribution in [1.29, 1.82) is 0 Å². The van der Waals surface area contributed by atoms with E-state index < -0.39 is 0 Å². The summed E-state index contributed by atoms with van der Waals surface area (Å²) in [5, 5.41) is 11.2. The first-order valence-corrected chi connectivity index (χ1v) is 11.0. The maximum absolute atomic E-state index is 5.98. The van der Waals surface area contributed by atoms with Crippen molar-refractivity contribution in [2.75, 3.05) is 0 Å². The van der Waals surface area contributed by atoms with Gasteiger partial charge in [-0.05, 0) is 36.5 Å². The van der Waals surface area contributed by atoms with Gasteiger partial charge in [0.15, 0.2) is 4.77 Å². The zero-order valence-corrected chi connectivity index (χ0v) is 17.3. The number of nitrogens with zero attached hydrogens (tertiary/aromatic N) is 3. The van der Waals surface area contributed by atoms with Gasteiger partial charge in [0.25, 0.3) is 0 Å². The molecular formula is C19H15ClN4S3. The van der Waals surface area contributed by atoms with Crippen LogP contribution in [0, 0.1) is 4.77 Å². The molecule has 0 aliphatic rings. The number of nitrogens with one attached hydrogen (secondary N) is 1. The first-order chi connectivity index (χ1) is 13.2. The Hall–Kier alpha value is -1.93. The molecule has 2 heterocycles. The highest BCUT2D eigenvalue weighted by atomic mass is 35.5. The zero-order valence-electron chi connectivity index (χ0n) is 14.1. The number of rotatable bonds is 6. The number of hydrogen-bond donors (Lipinski definition) is 1. The van der Waals surface area contributed by atoms with E-state index in [0.29, 0.717) is 9.79 Å². The van der Waals surface area contributed by atoms with Crippen molar-refractivity contribution in [2.45, 2.75) is 11.5 Å². The molecule has 2 aromatic heterocycles. The summed E-state index contributed by atoms with van der Waals surface area (Å²) < 4.78 is 2.52. The molecule has 2 aromatic carbocycles. The van der Waals surface area contributed by atoms with Gasteiger partial charge < -0.3 is 0 Å². The number of H-pyrrole nitrogens is 1. The van der Waals surface area contributed by atoms with Crippen molar-refractivity contribution < 1.29 is 0 Å². The summed E-state index contributed by atoms with van der Waals surface area (Å²) in [4.78, 5) is 4.73. The summed E-state index contributed by atoms with van der Waals surface area (Å²) in [5.41, 5.74) is 3.13. The summed E-state index contributed by atoms with van der Waals surface area (Å²) in [6.07, 6.45) is 0. The topological polar surface area (TPSA) is 46.5 Å². The monoisotopic (exact) mass is 430 g/mol. The molecule has 8 heteroatoms. The second-order valence-electron chi connectivity index (χ2n) is 5.74. The molecule has 4 rings (SSSR count). The third-order valence-corrected chi connectivity index (χ3v) is 6.40. The Bertz CT molecular complexity index is 1080. The predicted molar refractivity (Wildman–Crippen MR) is 116 cm³/mol. The maximum Gasteiger partial charge on any atom is 0.199 e. The van der Waals surface area contributed by atoms with Crippen molar-refractivity contribution in [1.82, 2.24) is 19.7 Å². The van der Waals surface area contributed by atoms with E-state index in [0.717, 1.165) is 39.3 Å². The smallest absolute Gasteiger partial charge is 0.199 e. The zero-order chi connectivity index (χ0) is 18.6. The van der Waals surface area contributed by atoms with Gasteiger partial charge in [-0.2, -0.15) is 5.10 Å². The molecule has 0 saturated heterocycles. The van der Waals surface area contributed by atoms with E-state index in [1.807, 2.05) is 47.0 Å². The van der Waals surface area contributed by atoms with Crippen molar-refractivity contribution in [3.8, 4) is 16.9 Å². The Morgan fingerprint density at radius 2 is 1.85 bits per heavy atom. The molecule has 0 atom stereocenters. The van der Waals surface area contributed by atoms with Crippen LogP contribution >= 0.6 is 46.9 Å². The number of halogens is 1. The van der Waals surface area contributed by atoms with E-state index in [4.69, 9.17) is 28.8 Å². The van der Waals surface area contributed by atoms with E-state index in [1.165, 1.54) is 0 Å². The van der Waals surface area contributed by atoms with E-state index in [2.05, 4.69) is 27.7 Å². The predicted octanol–water partition coefficient (Wildman–Crippen LogP) is 6.14. The number of thiazole rings is 1. The third kappa shape index (κ3) is 4.32. The minimum absolute atomic E-state index is 0.577. The molecule has 0 radical (unpaired) electrons. The van der Waals surface area contributed by atoms with Crippen LogP contribution in [0.1, 0.15) is 10.8 Å². The fourth-order valence-electron chi connectivity index (χ4n) is 2.63. The molecule has 1 N–H and O–H groups in total. The fourth-order valence-corrected chi connectivity index (χ4v) is 4.84. The summed E-state index contributed by atoms with van der Waals surface area (Å²) in [7, 11) is 0. The average molecular weight is 431 g/mol. The van der Waals surface area contributed by atoms with E-state index in [9.17, 15) is 0 Å². The van der Waals surface area contributed by atoms with Crippen LogP contribution < -0.4 is 0 Å². The Kier molecular flexibility index (Phi) is 5.73. The summed E-state index contributed by atoms with van der Waals surface area (Å²) in [5.74, 6) is 2.44. The van der Waals surface area contributed by atoms with Gasteiger partial charge in [-0.3, -0.25) is 9.67 Å². The van der Waals surface area contributed by atoms with Gasteiger partial charge in [-0.25, -0.2) is 4.98 Å². The number of aromatic amines is 1. The number of benzene rings is 2. The normalized spacial score (nSPS) is 11.0. The number of aromatic nitrogens is 4. The fraction of sp³-hybridized carbons (Fsp3) is 0.105. The summed E-state index contributed by atoms with van der Waals surface area (Å²) >= 11 is 14.8. The highest BCUT2D eigenvalue weighted by Gasteiger charge is 2.10. The van der Waals surface area contributed by atoms with Crippen LogP contribution in [-0.4, -0.2) is 19.7 Å². The average Bonchev–Trinajstić information content (AvgIpc) is 3.31. The van der Waals surface area contributed by atoms with Crippen LogP contribution in [0.4, 0.5) is 0 Å². The van der Waals surface area contributed by atoms with Crippen molar-refractivity contribution in [2.24, 2.45) is 0 Å². The lowest BCUT2D eigenvalue weighted by atomic mass is 10.2. The van der Waals surface area contributed by atoms with E-state index in [1.54, 1.807) is 23.1 Å². The van der Waals surface area contributed by atoms with Gasteiger partial charge in [0.05, 0.1) is 11.4 Å². The molecule has 0 aliphatic heterocycles. The highest BCUT2D eigenvalue weighted by Crippen LogP contribution is 2.26. The van der Waals surface area contributed by atoms with Gasteiger partial charge in [0, 0.05) is 27.4 Å². The van der Waals surface area contributed by atoms with Crippen LogP contribution in [0.5, 0.6) is 0 Å². The molecule has 0 fully saturated rings. The van der Waals surface area contributed by atoms with Crippen molar-refractivity contribution >= 4 is 46.9 Å². The molecule has 27 heavy (non-hydrogen) atoms. The van der Waals surface area contributed by atoms with Crippen LogP contribution in [0.15, 0.2) is 60.0 Å². The standard InChI is InChI=1S/C19H15ClN4S3/c20-14-6-8-15(9-7-14)24-17(22-23-19(24)25)11-26-12-18-21-16(10-27-18)13-4-2-1-3-5-13/h1-10H,11-12H2,(H,23,25).